The summed E-state index contributed by atoms with van der Waals surface area (Å²) in [5, 5.41) is 0. The number of carbonyl (C=O) groups is 1. The second-order valence-electron chi connectivity index (χ2n) is 6.23. The summed E-state index contributed by atoms with van der Waals surface area (Å²) in [4.78, 5) is 16.2. The van der Waals surface area contributed by atoms with E-state index in [1.807, 2.05) is 36.5 Å². The Hall–Kier alpha value is -0.0700. The van der Waals surface area contributed by atoms with Gasteiger partial charge < -0.3 is 9.64 Å². The van der Waals surface area contributed by atoms with Gasteiger partial charge in [-0.1, -0.05) is 0 Å². The third-order valence-corrected chi connectivity index (χ3v) is 5.80. The van der Waals surface area contributed by atoms with E-state index in [-0.39, 0.29) is 6.09 Å². The third-order valence-electron chi connectivity index (χ3n) is 2.96. The molecular formula is C14H29N2O2S2+. The molecule has 0 spiro atoms. The summed E-state index contributed by atoms with van der Waals surface area (Å²) >= 11 is 0. The molecule has 0 radical (unpaired) electrons. The molecule has 0 saturated carbocycles. The Kier molecular flexibility index (Phi) is 7.54. The zero-order valence-electron chi connectivity index (χ0n) is 13.5. The Morgan fingerprint density at radius 3 is 2.30 bits per heavy atom. The first kappa shape index (κ1) is 18.0. The van der Waals surface area contributed by atoms with Gasteiger partial charge in [0.1, 0.15) is 18.1 Å². The van der Waals surface area contributed by atoms with E-state index >= 15 is 0 Å². The third kappa shape index (κ3) is 7.64. The van der Waals surface area contributed by atoms with Crippen LogP contribution in [0.15, 0.2) is 0 Å². The highest BCUT2D eigenvalue weighted by atomic mass is 33.1. The molecule has 1 amide bonds. The zero-order chi connectivity index (χ0) is 15.2. The summed E-state index contributed by atoms with van der Waals surface area (Å²) in [5.74, 6) is 1.24. The van der Waals surface area contributed by atoms with Crippen molar-refractivity contribution >= 4 is 26.8 Å². The summed E-state index contributed by atoms with van der Waals surface area (Å²) in [6, 6.07) is 0. The van der Waals surface area contributed by atoms with Crippen molar-refractivity contribution in [3.8, 4) is 0 Å². The van der Waals surface area contributed by atoms with Crippen molar-refractivity contribution in [2.45, 2.75) is 32.8 Å². The van der Waals surface area contributed by atoms with Crippen LogP contribution >= 0.6 is 10.8 Å². The molecule has 4 nitrogen and oxygen atoms in total. The molecule has 1 heterocycles. The van der Waals surface area contributed by atoms with Crippen LogP contribution in [0.5, 0.6) is 0 Å². The van der Waals surface area contributed by atoms with E-state index in [2.05, 4.69) is 17.4 Å². The fourth-order valence-electron chi connectivity index (χ4n) is 1.99. The molecule has 1 fully saturated rings. The van der Waals surface area contributed by atoms with Crippen molar-refractivity contribution in [2.75, 3.05) is 51.0 Å². The van der Waals surface area contributed by atoms with E-state index in [4.69, 9.17) is 4.74 Å². The van der Waals surface area contributed by atoms with Gasteiger partial charge in [-0.25, -0.2) is 4.79 Å². The number of piperazine rings is 1. The largest absolute Gasteiger partial charge is 0.444 e. The molecule has 1 saturated heterocycles. The molecule has 0 N–H and O–H groups in total. The Balaban J connectivity index is 2.18. The first-order valence-corrected chi connectivity index (χ1v) is 10.7. The average Bonchev–Trinajstić information content (AvgIpc) is 2.33. The highest BCUT2D eigenvalue weighted by molar-refractivity contribution is 8.73. The molecule has 6 heteroatoms. The van der Waals surface area contributed by atoms with Crippen LogP contribution < -0.4 is 0 Å². The molecule has 118 valence electrons. The second kappa shape index (κ2) is 8.39. The summed E-state index contributed by atoms with van der Waals surface area (Å²) in [5.41, 5.74) is -0.400. The summed E-state index contributed by atoms with van der Waals surface area (Å²) in [7, 11) is 2.53. The van der Waals surface area contributed by atoms with Gasteiger partial charge in [-0.2, -0.15) is 0 Å². The predicted molar refractivity (Wildman–Crippen MR) is 90.5 cm³/mol. The van der Waals surface area contributed by atoms with Crippen molar-refractivity contribution in [2.24, 2.45) is 0 Å². The molecule has 0 unspecified atom stereocenters. The van der Waals surface area contributed by atoms with Gasteiger partial charge >= 0.3 is 6.09 Å². The second-order valence-corrected chi connectivity index (χ2v) is 11.1. The minimum atomic E-state index is -0.400. The maximum Gasteiger partial charge on any atom is 0.410 e. The molecule has 0 atom stereocenters. The minimum absolute atomic E-state index is 0.172. The van der Waals surface area contributed by atoms with E-state index in [0.29, 0.717) is 9.93 Å². The van der Waals surface area contributed by atoms with E-state index in [0.717, 1.165) is 32.7 Å². The Bertz CT molecular complexity index is 298. The summed E-state index contributed by atoms with van der Waals surface area (Å²) in [6.45, 7) is 10.4. The SMILES string of the molecule is C[S+](C)SCCCN1CCN(C(=O)OC(C)(C)C)CC1. The number of carbonyl (C=O) groups excluding carboxylic acids is 1. The van der Waals surface area contributed by atoms with Crippen molar-refractivity contribution in [1.29, 1.82) is 0 Å². The Morgan fingerprint density at radius 2 is 1.80 bits per heavy atom. The van der Waals surface area contributed by atoms with Crippen LogP contribution in [0.1, 0.15) is 27.2 Å². The van der Waals surface area contributed by atoms with Crippen LogP contribution in [-0.2, 0) is 14.7 Å². The number of hydrogen-bond donors (Lipinski definition) is 0. The van der Waals surface area contributed by atoms with Crippen molar-refractivity contribution in [1.82, 2.24) is 9.80 Å². The van der Waals surface area contributed by atoms with Crippen LogP contribution in [-0.4, -0.2) is 72.5 Å². The van der Waals surface area contributed by atoms with Crippen LogP contribution in [0.3, 0.4) is 0 Å². The molecule has 1 rings (SSSR count). The van der Waals surface area contributed by atoms with E-state index in [1.54, 1.807) is 0 Å². The number of amides is 1. The molecule has 1 aliphatic heterocycles. The zero-order valence-corrected chi connectivity index (χ0v) is 15.1. The molecule has 0 aromatic carbocycles. The normalized spacial score (nSPS) is 17.6. The molecule has 0 aromatic rings. The van der Waals surface area contributed by atoms with Crippen molar-refractivity contribution in [3.63, 3.8) is 0 Å². The fraction of sp³-hybridized carbons (Fsp3) is 0.929. The number of ether oxygens (including phenoxy) is 1. The van der Waals surface area contributed by atoms with Gasteiger partial charge in [-0.3, -0.25) is 4.90 Å². The van der Waals surface area contributed by atoms with Gasteiger partial charge in [0.2, 0.25) is 0 Å². The number of rotatable bonds is 5. The van der Waals surface area contributed by atoms with Crippen molar-refractivity contribution in [3.05, 3.63) is 0 Å². The maximum atomic E-state index is 11.9. The lowest BCUT2D eigenvalue weighted by atomic mass is 10.2. The first-order valence-electron chi connectivity index (χ1n) is 7.19. The number of hydrogen-bond acceptors (Lipinski definition) is 4. The quantitative estimate of drug-likeness (QED) is 0.442. The van der Waals surface area contributed by atoms with Crippen molar-refractivity contribution < 1.29 is 9.53 Å². The summed E-state index contributed by atoms with van der Waals surface area (Å²) < 4.78 is 5.40. The van der Waals surface area contributed by atoms with Crippen LogP contribution in [0.25, 0.3) is 0 Å². The Morgan fingerprint density at radius 1 is 1.20 bits per heavy atom. The van der Waals surface area contributed by atoms with Gasteiger partial charge in [-0.05, 0) is 33.7 Å². The van der Waals surface area contributed by atoms with E-state index < -0.39 is 5.60 Å². The first-order chi connectivity index (χ1) is 9.28. The highest BCUT2D eigenvalue weighted by Crippen LogP contribution is 2.14. The maximum absolute atomic E-state index is 11.9. The molecule has 0 aliphatic carbocycles. The van der Waals surface area contributed by atoms with Gasteiger partial charge in [-0.15, -0.1) is 0 Å². The minimum Gasteiger partial charge on any atom is -0.444 e. The van der Waals surface area contributed by atoms with E-state index in [9.17, 15) is 4.79 Å². The van der Waals surface area contributed by atoms with Gasteiger partial charge in [0.05, 0.1) is 20.7 Å². The molecule has 0 bridgehead atoms. The van der Waals surface area contributed by atoms with Crippen LogP contribution in [0.4, 0.5) is 4.79 Å². The standard InChI is InChI=1S/C14H29N2O2S2/c1-14(2,3)18-13(17)16-10-8-15(9-11-16)7-6-12-19-20(4)5/h6-12H2,1-5H3/q+1. The lowest BCUT2D eigenvalue weighted by Crippen LogP contribution is -2.50. The van der Waals surface area contributed by atoms with Gasteiger partial charge in [0.15, 0.2) is 0 Å². The lowest BCUT2D eigenvalue weighted by molar-refractivity contribution is 0.0146. The molecule has 1 aliphatic rings. The lowest BCUT2D eigenvalue weighted by Gasteiger charge is -2.35. The fourth-order valence-corrected chi connectivity index (χ4v) is 3.93. The van der Waals surface area contributed by atoms with Gasteiger partial charge in [0, 0.05) is 31.9 Å². The topological polar surface area (TPSA) is 32.8 Å². The predicted octanol–water partition coefficient (Wildman–Crippen LogP) is 2.46. The molecule has 20 heavy (non-hydrogen) atoms. The number of nitrogens with zero attached hydrogens (tertiary/aromatic N) is 2. The van der Waals surface area contributed by atoms with Crippen LogP contribution in [0, 0.1) is 0 Å². The smallest absolute Gasteiger partial charge is 0.410 e. The Labute approximate surface area is 130 Å². The summed E-state index contributed by atoms with van der Waals surface area (Å²) in [6.07, 6.45) is 5.60. The van der Waals surface area contributed by atoms with Crippen LogP contribution in [0.2, 0.25) is 0 Å². The molecular weight excluding hydrogens is 292 g/mol. The highest BCUT2D eigenvalue weighted by Gasteiger charge is 2.25. The van der Waals surface area contributed by atoms with E-state index in [1.165, 1.54) is 12.2 Å². The van der Waals surface area contributed by atoms with Gasteiger partial charge in [0.25, 0.3) is 0 Å². The molecule has 0 aromatic heterocycles. The monoisotopic (exact) mass is 321 g/mol. The average molecular weight is 322 g/mol.